The van der Waals surface area contributed by atoms with E-state index in [-0.39, 0.29) is 19.8 Å². The van der Waals surface area contributed by atoms with Crippen LogP contribution in [0.4, 0.5) is 0 Å². The van der Waals surface area contributed by atoms with Gasteiger partial charge in [0.15, 0.2) is 6.79 Å². The van der Waals surface area contributed by atoms with Crippen molar-refractivity contribution in [3.05, 3.63) is 62.1 Å². The Hall–Kier alpha value is -1.46. The van der Waals surface area contributed by atoms with Crippen LogP contribution in [0.1, 0.15) is 16.7 Å². The molecule has 24 heavy (non-hydrogen) atoms. The molecule has 0 radical (unpaired) electrons. The van der Waals surface area contributed by atoms with Crippen LogP contribution in [0.5, 0.6) is 5.75 Å². The summed E-state index contributed by atoms with van der Waals surface area (Å²) in [7, 11) is 0. The zero-order valence-corrected chi connectivity index (χ0v) is 14.7. The zero-order valence-electron chi connectivity index (χ0n) is 12.5. The third kappa shape index (κ3) is 3.95. The second-order valence-electron chi connectivity index (χ2n) is 5.20. The van der Waals surface area contributed by atoms with Gasteiger partial charge in [-0.05, 0) is 24.3 Å². The average molecular weight is 388 g/mol. The number of benzene rings is 2. The van der Waals surface area contributed by atoms with Crippen molar-refractivity contribution in [2.24, 2.45) is 0 Å². The van der Waals surface area contributed by atoms with Crippen molar-refractivity contribution in [3.63, 3.8) is 0 Å². The molecule has 1 aliphatic heterocycles. The predicted molar refractivity (Wildman–Crippen MR) is 91.7 cm³/mol. The van der Waals surface area contributed by atoms with Crippen molar-refractivity contribution < 1.29 is 19.0 Å². The second-order valence-corrected chi connectivity index (χ2v) is 6.45. The SMILES string of the molecule is O=C(Cc1c(Cl)cccc1Cl)OCc1cc(Cl)cc2c1OCOC2. The molecule has 0 atom stereocenters. The van der Waals surface area contributed by atoms with E-state index in [1.54, 1.807) is 30.3 Å². The number of hydrogen-bond donors (Lipinski definition) is 0. The van der Waals surface area contributed by atoms with Gasteiger partial charge in [-0.2, -0.15) is 0 Å². The number of carbonyl (C=O) groups excluding carboxylic acids is 1. The molecule has 0 bridgehead atoms. The van der Waals surface area contributed by atoms with E-state index in [2.05, 4.69) is 0 Å². The summed E-state index contributed by atoms with van der Waals surface area (Å²) in [6, 6.07) is 8.55. The summed E-state index contributed by atoms with van der Waals surface area (Å²) < 4.78 is 16.0. The molecule has 4 nitrogen and oxygen atoms in total. The number of carbonyl (C=O) groups is 1. The third-order valence-corrected chi connectivity index (χ3v) is 4.45. The molecule has 1 heterocycles. The fraction of sp³-hybridized carbons (Fsp3) is 0.235. The Labute approximate surface area is 154 Å². The Morgan fingerprint density at radius 1 is 1.17 bits per heavy atom. The molecular weight excluding hydrogens is 375 g/mol. The fourth-order valence-electron chi connectivity index (χ4n) is 2.42. The molecule has 1 aliphatic rings. The summed E-state index contributed by atoms with van der Waals surface area (Å²) >= 11 is 18.2. The highest BCUT2D eigenvalue weighted by Crippen LogP contribution is 2.32. The van der Waals surface area contributed by atoms with E-state index in [1.165, 1.54) is 0 Å². The van der Waals surface area contributed by atoms with Gasteiger partial charge in [0.25, 0.3) is 0 Å². The van der Waals surface area contributed by atoms with E-state index in [4.69, 9.17) is 49.0 Å². The van der Waals surface area contributed by atoms with Gasteiger partial charge >= 0.3 is 5.97 Å². The smallest absolute Gasteiger partial charge is 0.310 e. The van der Waals surface area contributed by atoms with Crippen molar-refractivity contribution in [3.8, 4) is 5.75 Å². The quantitative estimate of drug-likeness (QED) is 0.707. The summed E-state index contributed by atoms with van der Waals surface area (Å²) in [6.07, 6.45) is -0.00870. The van der Waals surface area contributed by atoms with E-state index in [9.17, 15) is 4.79 Å². The fourth-order valence-corrected chi connectivity index (χ4v) is 3.21. The van der Waals surface area contributed by atoms with Gasteiger partial charge in [0, 0.05) is 31.8 Å². The van der Waals surface area contributed by atoms with Crippen LogP contribution >= 0.6 is 34.8 Å². The van der Waals surface area contributed by atoms with Gasteiger partial charge in [0.1, 0.15) is 12.4 Å². The van der Waals surface area contributed by atoms with Crippen molar-refractivity contribution in [1.29, 1.82) is 0 Å². The minimum Gasteiger partial charge on any atom is -0.467 e. The Balaban J connectivity index is 1.70. The number of halogens is 3. The molecule has 0 aromatic heterocycles. The van der Waals surface area contributed by atoms with Gasteiger partial charge < -0.3 is 14.2 Å². The maximum absolute atomic E-state index is 12.1. The number of hydrogen-bond acceptors (Lipinski definition) is 4. The highest BCUT2D eigenvalue weighted by molar-refractivity contribution is 6.36. The monoisotopic (exact) mass is 386 g/mol. The zero-order chi connectivity index (χ0) is 17.1. The van der Waals surface area contributed by atoms with Gasteiger partial charge in [-0.3, -0.25) is 4.79 Å². The molecule has 0 fully saturated rings. The van der Waals surface area contributed by atoms with E-state index in [0.29, 0.717) is 38.6 Å². The molecule has 7 heteroatoms. The standard InChI is InChI=1S/C17H13Cl3O4/c18-12-4-10-7-22-9-24-17(10)11(5-12)8-23-16(21)6-13-14(19)2-1-3-15(13)20/h1-5H,6-9H2. The van der Waals surface area contributed by atoms with Crippen LogP contribution in [0.2, 0.25) is 15.1 Å². The molecule has 0 saturated carbocycles. The largest absolute Gasteiger partial charge is 0.467 e. The molecule has 2 aromatic rings. The summed E-state index contributed by atoms with van der Waals surface area (Å²) in [6.45, 7) is 0.612. The lowest BCUT2D eigenvalue weighted by Crippen LogP contribution is -2.15. The molecule has 0 amide bonds. The number of esters is 1. The van der Waals surface area contributed by atoms with Crippen LogP contribution in [0.3, 0.4) is 0 Å². The van der Waals surface area contributed by atoms with Crippen molar-refractivity contribution in [2.75, 3.05) is 6.79 Å². The number of fused-ring (bicyclic) bond motifs is 1. The van der Waals surface area contributed by atoms with E-state index < -0.39 is 5.97 Å². The van der Waals surface area contributed by atoms with Crippen molar-refractivity contribution in [2.45, 2.75) is 19.6 Å². The van der Waals surface area contributed by atoms with Gasteiger partial charge in [-0.15, -0.1) is 0 Å². The van der Waals surface area contributed by atoms with E-state index in [1.807, 2.05) is 0 Å². The van der Waals surface area contributed by atoms with Gasteiger partial charge in [-0.1, -0.05) is 40.9 Å². The lowest BCUT2D eigenvalue weighted by molar-refractivity contribution is -0.144. The predicted octanol–water partition coefficient (Wildman–Crippen LogP) is 4.80. The highest BCUT2D eigenvalue weighted by atomic mass is 35.5. The molecule has 0 unspecified atom stereocenters. The van der Waals surface area contributed by atoms with Crippen LogP contribution in [-0.2, 0) is 33.9 Å². The highest BCUT2D eigenvalue weighted by Gasteiger charge is 2.18. The molecule has 3 rings (SSSR count). The van der Waals surface area contributed by atoms with Crippen LogP contribution in [0, 0.1) is 0 Å². The molecule has 0 aliphatic carbocycles. The molecule has 126 valence electrons. The molecule has 0 N–H and O–H groups in total. The molecule has 0 saturated heterocycles. The van der Waals surface area contributed by atoms with Crippen molar-refractivity contribution in [1.82, 2.24) is 0 Å². The minimum absolute atomic E-state index is 0.00870. The Morgan fingerprint density at radius 3 is 2.67 bits per heavy atom. The van der Waals surface area contributed by atoms with Crippen LogP contribution in [-0.4, -0.2) is 12.8 Å². The van der Waals surface area contributed by atoms with Crippen LogP contribution in [0.15, 0.2) is 30.3 Å². The third-order valence-electron chi connectivity index (χ3n) is 3.52. The first-order valence-electron chi connectivity index (χ1n) is 7.15. The van der Waals surface area contributed by atoms with Crippen LogP contribution in [0.25, 0.3) is 0 Å². The van der Waals surface area contributed by atoms with E-state index in [0.717, 1.165) is 5.56 Å². The van der Waals surface area contributed by atoms with Crippen molar-refractivity contribution >= 4 is 40.8 Å². The first-order chi connectivity index (χ1) is 11.5. The number of rotatable bonds is 4. The lowest BCUT2D eigenvalue weighted by Gasteiger charge is -2.21. The van der Waals surface area contributed by atoms with E-state index >= 15 is 0 Å². The minimum atomic E-state index is -0.439. The Bertz CT molecular complexity index is 756. The van der Waals surface area contributed by atoms with Gasteiger partial charge in [0.2, 0.25) is 0 Å². The number of ether oxygens (including phenoxy) is 3. The van der Waals surface area contributed by atoms with Gasteiger partial charge in [-0.25, -0.2) is 0 Å². The maximum Gasteiger partial charge on any atom is 0.310 e. The van der Waals surface area contributed by atoms with Gasteiger partial charge in [0.05, 0.1) is 13.0 Å². The molecular formula is C17H13Cl3O4. The first-order valence-corrected chi connectivity index (χ1v) is 8.28. The summed E-state index contributed by atoms with van der Waals surface area (Å²) in [4.78, 5) is 12.1. The van der Waals surface area contributed by atoms with Crippen LogP contribution < -0.4 is 4.74 Å². The molecule has 2 aromatic carbocycles. The molecule has 0 spiro atoms. The maximum atomic E-state index is 12.1. The second kappa shape index (κ2) is 7.62. The topological polar surface area (TPSA) is 44.8 Å². The first kappa shape index (κ1) is 17.4. The Morgan fingerprint density at radius 2 is 1.92 bits per heavy atom. The Kier molecular flexibility index (Phi) is 5.51. The summed E-state index contributed by atoms with van der Waals surface area (Å²) in [5.41, 5.74) is 2.07. The summed E-state index contributed by atoms with van der Waals surface area (Å²) in [5, 5.41) is 1.39. The normalized spacial score (nSPS) is 13.1. The lowest BCUT2D eigenvalue weighted by atomic mass is 10.1. The summed E-state index contributed by atoms with van der Waals surface area (Å²) in [5.74, 6) is 0.208. The average Bonchev–Trinajstić information content (AvgIpc) is 2.56.